The van der Waals surface area contributed by atoms with Crippen molar-refractivity contribution in [2.24, 2.45) is 0 Å². The summed E-state index contributed by atoms with van der Waals surface area (Å²) in [7, 11) is 1.63. The molecule has 0 spiro atoms. The zero-order valence-electron chi connectivity index (χ0n) is 14.2. The molecule has 3 aromatic carbocycles. The van der Waals surface area contributed by atoms with Crippen LogP contribution < -0.4 is 9.47 Å². The Morgan fingerprint density at radius 1 is 0.962 bits per heavy atom. The highest BCUT2D eigenvalue weighted by atomic mass is 35.5. The Bertz CT molecular complexity index is 1030. The van der Waals surface area contributed by atoms with Gasteiger partial charge in [-0.2, -0.15) is 0 Å². The quantitative estimate of drug-likeness (QED) is 0.510. The van der Waals surface area contributed by atoms with Crippen molar-refractivity contribution >= 4 is 22.6 Å². The zero-order chi connectivity index (χ0) is 17.9. The molecular formula is C21H17ClN2O2. The maximum Gasteiger partial charge on any atom is 0.162 e. The molecule has 1 N–H and O–H groups in total. The molecule has 0 aliphatic rings. The summed E-state index contributed by atoms with van der Waals surface area (Å²) in [6.45, 7) is 0.403. The molecule has 0 saturated carbocycles. The smallest absolute Gasteiger partial charge is 0.162 e. The van der Waals surface area contributed by atoms with Gasteiger partial charge in [0.05, 0.1) is 18.1 Å². The molecule has 0 atom stereocenters. The van der Waals surface area contributed by atoms with Crippen LogP contribution in [-0.4, -0.2) is 17.1 Å². The summed E-state index contributed by atoms with van der Waals surface area (Å²) < 4.78 is 11.4. The van der Waals surface area contributed by atoms with Gasteiger partial charge in [-0.25, -0.2) is 4.98 Å². The summed E-state index contributed by atoms with van der Waals surface area (Å²) in [6, 6.07) is 21.3. The van der Waals surface area contributed by atoms with Crippen molar-refractivity contribution in [3.8, 4) is 22.9 Å². The van der Waals surface area contributed by atoms with Crippen LogP contribution in [-0.2, 0) is 6.61 Å². The van der Waals surface area contributed by atoms with E-state index in [-0.39, 0.29) is 0 Å². The molecule has 4 aromatic rings. The molecule has 0 fully saturated rings. The van der Waals surface area contributed by atoms with E-state index in [1.807, 2.05) is 66.7 Å². The molecule has 1 aromatic heterocycles. The number of fused-ring (bicyclic) bond motifs is 1. The first-order valence-corrected chi connectivity index (χ1v) is 8.61. The second kappa shape index (κ2) is 7.10. The normalized spacial score (nSPS) is 10.8. The number of methoxy groups -OCH3 is 1. The lowest BCUT2D eigenvalue weighted by Gasteiger charge is -2.12. The van der Waals surface area contributed by atoms with Gasteiger partial charge in [-0.15, -0.1) is 0 Å². The van der Waals surface area contributed by atoms with Gasteiger partial charge in [-0.1, -0.05) is 35.9 Å². The standard InChI is InChI=1S/C21H17ClN2O2/c1-25-19-10-9-15(21-23-17-7-2-3-8-18(17)24-21)12-20(19)26-13-14-5-4-6-16(22)11-14/h2-12H,13H2,1H3,(H,23,24). The number of H-pyrrole nitrogens is 1. The highest BCUT2D eigenvalue weighted by Crippen LogP contribution is 2.33. The van der Waals surface area contributed by atoms with Gasteiger partial charge in [0.15, 0.2) is 11.5 Å². The van der Waals surface area contributed by atoms with Crippen LogP contribution in [0.5, 0.6) is 11.5 Å². The minimum Gasteiger partial charge on any atom is -0.493 e. The van der Waals surface area contributed by atoms with Crippen LogP contribution in [0.1, 0.15) is 5.56 Å². The molecule has 0 bridgehead atoms. The van der Waals surface area contributed by atoms with Crippen molar-refractivity contribution in [1.29, 1.82) is 0 Å². The Morgan fingerprint density at radius 3 is 2.65 bits per heavy atom. The highest BCUT2D eigenvalue weighted by Gasteiger charge is 2.11. The van der Waals surface area contributed by atoms with E-state index in [9.17, 15) is 0 Å². The maximum absolute atomic E-state index is 6.04. The molecule has 0 aliphatic carbocycles. The minimum atomic E-state index is 0.403. The van der Waals surface area contributed by atoms with Gasteiger partial charge in [0, 0.05) is 10.6 Å². The summed E-state index contributed by atoms with van der Waals surface area (Å²) in [5.74, 6) is 2.12. The Hall–Kier alpha value is -2.98. The minimum absolute atomic E-state index is 0.403. The second-order valence-corrected chi connectivity index (χ2v) is 6.32. The number of nitrogens with zero attached hydrogens (tertiary/aromatic N) is 1. The number of hydrogen-bond donors (Lipinski definition) is 1. The summed E-state index contributed by atoms with van der Waals surface area (Å²) >= 11 is 6.04. The fourth-order valence-corrected chi connectivity index (χ4v) is 3.03. The number of aromatic amines is 1. The molecule has 0 saturated heterocycles. The van der Waals surface area contributed by atoms with Gasteiger partial charge >= 0.3 is 0 Å². The third-order valence-corrected chi connectivity index (χ3v) is 4.34. The zero-order valence-corrected chi connectivity index (χ0v) is 15.0. The number of rotatable bonds is 5. The third-order valence-electron chi connectivity index (χ3n) is 4.11. The average Bonchev–Trinajstić information content (AvgIpc) is 3.10. The van der Waals surface area contributed by atoms with Crippen LogP contribution in [0, 0.1) is 0 Å². The number of ether oxygens (including phenoxy) is 2. The molecule has 4 rings (SSSR count). The molecule has 5 heteroatoms. The first-order valence-electron chi connectivity index (χ1n) is 8.23. The van der Waals surface area contributed by atoms with E-state index >= 15 is 0 Å². The van der Waals surface area contributed by atoms with Crippen molar-refractivity contribution in [2.45, 2.75) is 6.61 Å². The van der Waals surface area contributed by atoms with E-state index in [2.05, 4.69) is 9.97 Å². The molecule has 0 aliphatic heterocycles. The number of halogens is 1. The van der Waals surface area contributed by atoms with Gasteiger partial charge in [0.2, 0.25) is 0 Å². The van der Waals surface area contributed by atoms with E-state index in [0.29, 0.717) is 23.1 Å². The maximum atomic E-state index is 6.04. The lowest BCUT2D eigenvalue weighted by Crippen LogP contribution is -1.98. The largest absolute Gasteiger partial charge is 0.493 e. The van der Waals surface area contributed by atoms with Crippen molar-refractivity contribution in [2.75, 3.05) is 7.11 Å². The predicted molar refractivity (Wildman–Crippen MR) is 104 cm³/mol. The van der Waals surface area contributed by atoms with Crippen LogP contribution in [0.2, 0.25) is 5.02 Å². The molecule has 130 valence electrons. The van der Waals surface area contributed by atoms with E-state index in [1.165, 1.54) is 0 Å². The number of hydrogen-bond acceptors (Lipinski definition) is 3. The van der Waals surface area contributed by atoms with Crippen molar-refractivity contribution in [1.82, 2.24) is 9.97 Å². The van der Waals surface area contributed by atoms with Crippen molar-refractivity contribution < 1.29 is 9.47 Å². The first-order chi connectivity index (χ1) is 12.7. The van der Waals surface area contributed by atoms with Crippen LogP contribution in [0.3, 0.4) is 0 Å². The van der Waals surface area contributed by atoms with Crippen LogP contribution in [0.4, 0.5) is 0 Å². The first kappa shape index (κ1) is 16.5. The number of benzene rings is 3. The van der Waals surface area contributed by atoms with E-state index in [0.717, 1.165) is 28.0 Å². The number of imidazole rings is 1. The number of nitrogens with one attached hydrogen (secondary N) is 1. The fraction of sp³-hybridized carbons (Fsp3) is 0.0952. The van der Waals surface area contributed by atoms with Gasteiger partial charge in [-0.05, 0) is 48.0 Å². The Labute approximate surface area is 156 Å². The van der Waals surface area contributed by atoms with Crippen LogP contribution >= 0.6 is 11.6 Å². The SMILES string of the molecule is COc1ccc(-c2nc3ccccc3[nH]2)cc1OCc1cccc(Cl)c1. The average molecular weight is 365 g/mol. The molecular weight excluding hydrogens is 348 g/mol. The fourth-order valence-electron chi connectivity index (χ4n) is 2.81. The van der Waals surface area contributed by atoms with Crippen LogP contribution in [0.25, 0.3) is 22.4 Å². The Balaban J connectivity index is 1.64. The van der Waals surface area contributed by atoms with Gasteiger partial charge in [0.25, 0.3) is 0 Å². The van der Waals surface area contributed by atoms with Gasteiger partial charge in [-0.3, -0.25) is 0 Å². The molecule has 0 radical (unpaired) electrons. The van der Waals surface area contributed by atoms with E-state index in [1.54, 1.807) is 7.11 Å². The monoisotopic (exact) mass is 364 g/mol. The Kier molecular flexibility index (Phi) is 4.50. The summed E-state index contributed by atoms with van der Waals surface area (Å²) in [5, 5.41) is 0.689. The predicted octanol–water partition coefficient (Wildman–Crippen LogP) is 5.47. The number of para-hydroxylation sites is 2. The van der Waals surface area contributed by atoms with E-state index < -0.39 is 0 Å². The summed E-state index contributed by atoms with van der Waals surface area (Å²) in [5.41, 5.74) is 3.86. The van der Waals surface area contributed by atoms with E-state index in [4.69, 9.17) is 21.1 Å². The summed E-state index contributed by atoms with van der Waals surface area (Å²) in [4.78, 5) is 7.97. The lowest BCUT2D eigenvalue weighted by atomic mass is 10.2. The summed E-state index contributed by atoms with van der Waals surface area (Å²) in [6.07, 6.45) is 0. The topological polar surface area (TPSA) is 47.1 Å². The molecule has 26 heavy (non-hydrogen) atoms. The van der Waals surface area contributed by atoms with Crippen molar-refractivity contribution in [3.05, 3.63) is 77.3 Å². The van der Waals surface area contributed by atoms with Gasteiger partial charge in [0.1, 0.15) is 12.4 Å². The molecule has 0 unspecified atom stereocenters. The molecule has 0 amide bonds. The van der Waals surface area contributed by atoms with Crippen molar-refractivity contribution in [3.63, 3.8) is 0 Å². The molecule has 1 heterocycles. The Morgan fingerprint density at radius 2 is 1.85 bits per heavy atom. The third kappa shape index (κ3) is 3.37. The van der Waals surface area contributed by atoms with Crippen LogP contribution in [0.15, 0.2) is 66.7 Å². The number of aromatic nitrogens is 2. The van der Waals surface area contributed by atoms with Gasteiger partial charge < -0.3 is 14.5 Å². The molecule has 4 nitrogen and oxygen atoms in total. The second-order valence-electron chi connectivity index (χ2n) is 5.89. The highest BCUT2D eigenvalue weighted by molar-refractivity contribution is 6.30. The lowest BCUT2D eigenvalue weighted by molar-refractivity contribution is 0.284.